The fourth-order valence-electron chi connectivity index (χ4n) is 7.24. The summed E-state index contributed by atoms with van der Waals surface area (Å²) in [5, 5.41) is 1.20. The van der Waals surface area contributed by atoms with Crippen LogP contribution in [-0.4, -0.2) is 64.1 Å². The number of esters is 4. The largest absolute Gasteiger partial charge is 0.466 e. The van der Waals surface area contributed by atoms with Crippen molar-refractivity contribution in [3.05, 3.63) is 142 Å². The van der Waals surface area contributed by atoms with E-state index < -0.39 is 35.1 Å². The van der Waals surface area contributed by atoms with Crippen molar-refractivity contribution < 1.29 is 47.6 Å². The van der Waals surface area contributed by atoms with Crippen LogP contribution in [0.3, 0.4) is 0 Å². The second kappa shape index (κ2) is 13.3. The second-order valence-corrected chi connectivity index (χ2v) is 12.0. The first-order valence-electron chi connectivity index (χ1n) is 16.2. The molecule has 3 aliphatic rings. The Hall–Kier alpha value is -6.56. The lowest BCUT2D eigenvalue weighted by molar-refractivity contribution is -0.149. The van der Waals surface area contributed by atoms with E-state index in [-0.39, 0.29) is 47.2 Å². The molecule has 0 radical (unpaired) electrons. The number of rotatable bonds is 8. The summed E-state index contributed by atoms with van der Waals surface area (Å²) in [7, 11) is 4.59. The monoisotopic (exact) mass is 700 g/mol. The Balaban J connectivity index is 1.62. The lowest BCUT2D eigenvalue weighted by atomic mass is 9.70. The maximum atomic E-state index is 14.3. The Kier molecular flexibility index (Phi) is 8.67. The second-order valence-electron chi connectivity index (χ2n) is 12.0. The molecule has 0 N–H and O–H groups in total. The quantitative estimate of drug-likeness (QED) is 0.186. The third-order valence-corrected chi connectivity index (χ3v) is 9.34. The Morgan fingerprint density at radius 3 is 1.27 bits per heavy atom. The Morgan fingerprint density at radius 1 is 0.519 bits per heavy atom. The number of fused-ring (bicyclic) bond motifs is 3. The molecule has 0 unspecified atom stereocenters. The first-order valence-corrected chi connectivity index (χ1v) is 16.2. The Labute approximate surface area is 298 Å². The molecule has 12 heteroatoms. The normalized spacial score (nSPS) is 21.5. The van der Waals surface area contributed by atoms with Gasteiger partial charge in [-0.1, -0.05) is 97.1 Å². The van der Waals surface area contributed by atoms with Gasteiger partial charge in [0.2, 0.25) is 23.0 Å². The molecular formula is C40H32N2O10. The number of aliphatic imine (C=N–C) groups is 2. The van der Waals surface area contributed by atoms with Gasteiger partial charge in [0.15, 0.2) is 0 Å². The van der Waals surface area contributed by atoms with Crippen LogP contribution >= 0.6 is 0 Å². The van der Waals surface area contributed by atoms with Crippen molar-refractivity contribution in [2.75, 3.05) is 28.4 Å². The third kappa shape index (κ3) is 4.89. The van der Waals surface area contributed by atoms with E-state index in [1.165, 1.54) is 0 Å². The third-order valence-electron chi connectivity index (χ3n) is 9.34. The van der Waals surface area contributed by atoms with Gasteiger partial charge in [0.05, 0.1) is 41.5 Å². The highest BCUT2D eigenvalue weighted by molar-refractivity contribution is 6.28. The van der Waals surface area contributed by atoms with Crippen molar-refractivity contribution in [2.24, 2.45) is 9.98 Å². The fourth-order valence-corrected chi connectivity index (χ4v) is 7.24. The molecule has 52 heavy (non-hydrogen) atoms. The van der Waals surface area contributed by atoms with Crippen molar-refractivity contribution in [3.63, 3.8) is 0 Å². The van der Waals surface area contributed by atoms with Crippen molar-refractivity contribution in [2.45, 2.75) is 24.3 Å². The molecular weight excluding hydrogens is 668 g/mol. The summed E-state index contributed by atoms with van der Waals surface area (Å²) in [5.41, 5.74) is -3.74. The summed E-state index contributed by atoms with van der Waals surface area (Å²) in [5.74, 6) is -4.48. The molecule has 0 fully saturated rings. The van der Waals surface area contributed by atoms with Crippen molar-refractivity contribution in [1.82, 2.24) is 0 Å². The summed E-state index contributed by atoms with van der Waals surface area (Å²) in [6, 6.07) is 28.9. The Morgan fingerprint density at radius 2 is 0.904 bits per heavy atom. The number of ether oxygens (including phenoxy) is 6. The zero-order valence-electron chi connectivity index (χ0n) is 28.6. The number of methoxy groups -OCH3 is 4. The topological polar surface area (TPSA) is 148 Å². The number of hydrogen-bond donors (Lipinski definition) is 0. The molecule has 2 aliphatic heterocycles. The lowest BCUT2D eigenvalue weighted by Gasteiger charge is -2.41. The van der Waals surface area contributed by atoms with Crippen LogP contribution in [0.15, 0.2) is 129 Å². The molecule has 12 nitrogen and oxygen atoms in total. The minimum Gasteiger partial charge on any atom is -0.466 e. The molecule has 0 amide bonds. The standard InChI is InChI=1S/C40H32N2O10/c1-47-35(43)29-31(37(45)49-3)39(51-33(29)41-21-23-13-7-5-8-14-23)26-19-11-17-25-18-12-20-27(28(25)26)40(39)32(38(46)50-4)30(36(44)48-2)34(52-40)42-22-24-15-9-6-10-16-24/h5-20H,21-22H2,1-4H3/t39-,40-/m0/s1. The van der Waals surface area contributed by atoms with Crippen LogP contribution in [0, 0.1) is 0 Å². The zero-order chi connectivity index (χ0) is 36.6. The van der Waals surface area contributed by atoms with Crippen LogP contribution in [0.5, 0.6) is 0 Å². The van der Waals surface area contributed by atoms with E-state index in [4.69, 9.17) is 28.4 Å². The fraction of sp³-hybridized carbons (Fsp3) is 0.200. The minimum atomic E-state index is -2.24. The molecule has 0 saturated carbocycles. The highest BCUT2D eigenvalue weighted by atomic mass is 16.6. The van der Waals surface area contributed by atoms with Gasteiger partial charge in [0.25, 0.3) is 0 Å². The van der Waals surface area contributed by atoms with E-state index in [9.17, 15) is 19.2 Å². The minimum absolute atomic E-state index is 0.0309. The molecule has 2 atom stereocenters. The molecule has 4 aromatic rings. The molecule has 0 aromatic heterocycles. The van der Waals surface area contributed by atoms with Gasteiger partial charge < -0.3 is 28.4 Å². The SMILES string of the molecule is COC(=O)C1=C(C(=O)OC)[C@@]2(OC1=NCc1ccccc1)c1cccc3cccc(c13)[C@@]21OC(=NCc2ccccc2)C(C(=O)OC)=C1C(=O)OC. The smallest absolute Gasteiger partial charge is 0.344 e. The molecule has 262 valence electrons. The van der Waals surface area contributed by atoms with E-state index >= 15 is 0 Å². The number of hydrogen-bond acceptors (Lipinski definition) is 12. The highest BCUT2D eigenvalue weighted by Crippen LogP contribution is 2.67. The first kappa shape index (κ1) is 33.9. The van der Waals surface area contributed by atoms with Gasteiger partial charge in [0, 0.05) is 11.1 Å². The predicted octanol–water partition coefficient (Wildman–Crippen LogP) is 4.79. The molecule has 0 saturated heterocycles. The van der Waals surface area contributed by atoms with Gasteiger partial charge in [-0.25, -0.2) is 29.2 Å². The predicted molar refractivity (Wildman–Crippen MR) is 187 cm³/mol. The van der Waals surface area contributed by atoms with Gasteiger partial charge in [-0.05, 0) is 21.9 Å². The summed E-state index contributed by atoms with van der Waals surface area (Å²) in [6.07, 6.45) is 0. The van der Waals surface area contributed by atoms with Crippen LogP contribution in [0.2, 0.25) is 0 Å². The van der Waals surface area contributed by atoms with Crippen LogP contribution in [0.1, 0.15) is 22.3 Å². The van der Waals surface area contributed by atoms with Crippen LogP contribution in [0.4, 0.5) is 0 Å². The lowest BCUT2D eigenvalue weighted by Crippen LogP contribution is -2.52. The average molecular weight is 701 g/mol. The molecule has 2 spiro atoms. The maximum absolute atomic E-state index is 14.3. The Bertz CT molecular complexity index is 2120. The summed E-state index contributed by atoms with van der Waals surface area (Å²) >= 11 is 0. The number of nitrogens with zero attached hydrogens (tertiary/aromatic N) is 2. The van der Waals surface area contributed by atoms with E-state index in [1.807, 2.05) is 72.8 Å². The van der Waals surface area contributed by atoms with E-state index in [0.717, 1.165) is 39.6 Å². The first-order chi connectivity index (χ1) is 25.3. The van der Waals surface area contributed by atoms with Gasteiger partial charge >= 0.3 is 23.9 Å². The van der Waals surface area contributed by atoms with Gasteiger partial charge in [-0.2, -0.15) is 0 Å². The zero-order valence-corrected chi connectivity index (χ0v) is 28.6. The van der Waals surface area contributed by atoms with Crippen molar-refractivity contribution in [3.8, 4) is 0 Å². The van der Waals surface area contributed by atoms with E-state index in [2.05, 4.69) is 9.98 Å². The van der Waals surface area contributed by atoms with Crippen LogP contribution < -0.4 is 0 Å². The van der Waals surface area contributed by atoms with Gasteiger partial charge in [-0.15, -0.1) is 0 Å². The van der Waals surface area contributed by atoms with Gasteiger partial charge in [0.1, 0.15) is 22.3 Å². The molecule has 1 aliphatic carbocycles. The maximum Gasteiger partial charge on any atom is 0.344 e. The molecule has 0 bridgehead atoms. The number of benzene rings is 4. The molecule has 7 rings (SSSR count). The summed E-state index contributed by atoms with van der Waals surface area (Å²) < 4.78 is 35.0. The number of carbonyl (C=O) groups is 4. The summed E-state index contributed by atoms with van der Waals surface area (Å²) in [4.78, 5) is 65.7. The van der Waals surface area contributed by atoms with Crippen LogP contribution in [-0.2, 0) is 71.9 Å². The molecule has 4 aromatic carbocycles. The van der Waals surface area contributed by atoms with Crippen molar-refractivity contribution in [1.29, 1.82) is 0 Å². The van der Waals surface area contributed by atoms with E-state index in [0.29, 0.717) is 21.9 Å². The average Bonchev–Trinajstić information content (AvgIpc) is 3.80. The highest BCUT2D eigenvalue weighted by Gasteiger charge is 2.77. The van der Waals surface area contributed by atoms with E-state index in [1.54, 1.807) is 24.3 Å². The van der Waals surface area contributed by atoms with Gasteiger partial charge in [-0.3, -0.25) is 0 Å². The summed E-state index contributed by atoms with van der Waals surface area (Å²) in [6.45, 7) is 0.0617. The number of carbonyl (C=O) groups excluding carboxylic acids is 4. The van der Waals surface area contributed by atoms with Crippen LogP contribution in [0.25, 0.3) is 10.8 Å². The molecule has 2 heterocycles. The van der Waals surface area contributed by atoms with Crippen molar-refractivity contribution >= 4 is 46.4 Å².